The first-order valence-electron chi connectivity index (χ1n) is 8.74. The fourth-order valence-corrected chi connectivity index (χ4v) is 3.80. The molecule has 2 fully saturated rings. The highest BCUT2D eigenvalue weighted by molar-refractivity contribution is 4.95. The largest absolute Gasteiger partial charge is 0.329 e. The van der Waals surface area contributed by atoms with Gasteiger partial charge in [-0.05, 0) is 58.0 Å². The van der Waals surface area contributed by atoms with Crippen molar-refractivity contribution < 1.29 is 0 Å². The zero-order valence-corrected chi connectivity index (χ0v) is 13.9. The third-order valence-electron chi connectivity index (χ3n) is 5.53. The van der Waals surface area contributed by atoms with Crippen molar-refractivity contribution in [3.8, 4) is 0 Å². The third kappa shape index (κ3) is 3.96. The normalized spacial score (nSPS) is 28.9. The molecule has 0 aromatic heterocycles. The Hall–Kier alpha value is -0.120. The van der Waals surface area contributed by atoms with Crippen LogP contribution in [0.25, 0.3) is 0 Å². The van der Waals surface area contributed by atoms with Gasteiger partial charge < -0.3 is 5.73 Å². The number of nitrogens with zero attached hydrogens (tertiary/aromatic N) is 2. The number of likely N-dealkylation sites (tertiary alicyclic amines) is 2. The van der Waals surface area contributed by atoms with Crippen molar-refractivity contribution in [1.82, 2.24) is 9.80 Å². The fraction of sp³-hybridized carbons (Fsp3) is 1.00. The van der Waals surface area contributed by atoms with Crippen molar-refractivity contribution in [3.63, 3.8) is 0 Å². The van der Waals surface area contributed by atoms with Crippen LogP contribution in [0.2, 0.25) is 0 Å². The first kappa shape index (κ1) is 16.3. The third-order valence-corrected chi connectivity index (χ3v) is 5.53. The first-order chi connectivity index (χ1) is 9.55. The van der Waals surface area contributed by atoms with E-state index in [0.717, 1.165) is 18.5 Å². The molecule has 0 aliphatic carbocycles. The highest BCUT2D eigenvalue weighted by Crippen LogP contribution is 2.29. The number of hydrogen-bond donors (Lipinski definition) is 1. The highest BCUT2D eigenvalue weighted by atomic mass is 15.3. The Kier molecular flexibility index (Phi) is 5.88. The summed E-state index contributed by atoms with van der Waals surface area (Å²) in [4.78, 5) is 5.43. The summed E-state index contributed by atoms with van der Waals surface area (Å²) in [5, 5.41) is 0. The fourth-order valence-electron chi connectivity index (χ4n) is 3.80. The lowest BCUT2D eigenvalue weighted by Crippen LogP contribution is -2.52. The molecule has 0 aromatic rings. The van der Waals surface area contributed by atoms with Crippen LogP contribution >= 0.6 is 0 Å². The van der Waals surface area contributed by atoms with Gasteiger partial charge in [-0.1, -0.05) is 20.3 Å². The molecule has 2 atom stereocenters. The molecule has 2 N–H and O–H groups in total. The number of nitrogens with two attached hydrogens (primary N) is 1. The van der Waals surface area contributed by atoms with Gasteiger partial charge in [0.1, 0.15) is 0 Å². The second kappa shape index (κ2) is 7.24. The predicted octanol–water partition coefficient (Wildman–Crippen LogP) is 2.70. The summed E-state index contributed by atoms with van der Waals surface area (Å²) in [6, 6.07) is 0.792. The second-order valence-electron chi connectivity index (χ2n) is 7.62. The van der Waals surface area contributed by atoms with Crippen molar-refractivity contribution in [1.29, 1.82) is 0 Å². The van der Waals surface area contributed by atoms with E-state index in [2.05, 4.69) is 30.6 Å². The number of hydrogen-bond acceptors (Lipinski definition) is 3. The Labute approximate surface area is 125 Å². The molecule has 2 unspecified atom stereocenters. The summed E-state index contributed by atoms with van der Waals surface area (Å²) in [7, 11) is 0. The van der Waals surface area contributed by atoms with Gasteiger partial charge in [0.05, 0.1) is 0 Å². The lowest BCUT2D eigenvalue weighted by atomic mass is 9.90. The highest BCUT2D eigenvalue weighted by Gasteiger charge is 2.37. The van der Waals surface area contributed by atoms with Gasteiger partial charge >= 0.3 is 0 Å². The summed E-state index contributed by atoms with van der Waals surface area (Å²) in [5.74, 6) is 0.779. The molecule has 0 amide bonds. The molecule has 2 saturated heterocycles. The second-order valence-corrected chi connectivity index (χ2v) is 7.62. The Morgan fingerprint density at radius 1 is 1.15 bits per heavy atom. The molecule has 118 valence electrons. The molecule has 0 spiro atoms. The van der Waals surface area contributed by atoms with Crippen LogP contribution in [0.1, 0.15) is 59.3 Å². The minimum atomic E-state index is 0.217. The van der Waals surface area contributed by atoms with Gasteiger partial charge in [-0.2, -0.15) is 0 Å². The van der Waals surface area contributed by atoms with Crippen LogP contribution in [0.4, 0.5) is 0 Å². The SMILES string of the molecule is CC(C)CCC(C)(CN)N1CCC(N2CCCCC2)C1. The molecule has 2 aliphatic rings. The van der Waals surface area contributed by atoms with Crippen molar-refractivity contribution in [2.24, 2.45) is 11.7 Å². The Morgan fingerprint density at radius 2 is 1.85 bits per heavy atom. The molecule has 2 aliphatic heterocycles. The molecule has 0 saturated carbocycles. The summed E-state index contributed by atoms with van der Waals surface area (Å²) >= 11 is 0. The molecule has 0 bridgehead atoms. The lowest BCUT2D eigenvalue weighted by molar-refractivity contribution is 0.102. The van der Waals surface area contributed by atoms with E-state index in [1.54, 1.807) is 0 Å². The van der Waals surface area contributed by atoms with Gasteiger partial charge in [-0.15, -0.1) is 0 Å². The van der Waals surface area contributed by atoms with Gasteiger partial charge in [-0.3, -0.25) is 9.80 Å². The average molecular weight is 281 g/mol. The zero-order chi connectivity index (χ0) is 14.6. The molecule has 20 heavy (non-hydrogen) atoms. The van der Waals surface area contributed by atoms with Gasteiger partial charge in [0.25, 0.3) is 0 Å². The van der Waals surface area contributed by atoms with E-state index in [1.165, 1.54) is 64.7 Å². The number of piperidine rings is 1. The Bertz CT molecular complexity index is 286. The van der Waals surface area contributed by atoms with Crippen molar-refractivity contribution in [2.45, 2.75) is 70.9 Å². The van der Waals surface area contributed by atoms with Crippen molar-refractivity contribution in [2.75, 3.05) is 32.7 Å². The maximum absolute atomic E-state index is 6.14. The van der Waals surface area contributed by atoms with E-state index in [4.69, 9.17) is 5.73 Å². The Morgan fingerprint density at radius 3 is 2.45 bits per heavy atom. The van der Waals surface area contributed by atoms with Gasteiger partial charge in [0.15, 0.2) is 0 Å². The van der Waals surface area contributed by atoms with Crippen LogP contribution in [-0.2, 0) is 0 Å². The van der Waals surface area contributed by atoms with Crippen LogP contribution in [0.3, 0.4) is 0 Å². The summed E-state index contributed by atoms with van der Waals surface area (Å²) in [6.45, 7) is 12.9. The quantitative estimate of drug-likeness (QED) is 0.812. The maximum atomic E-state index is 6.14. The minimum absolute atomic E-state index is 0.217. The summed E-state index contributed by atoms with van der Waals surface area (Å²) in [6.07, 6.45) is 8.11. The monoisotopic (exact) mass is 281 g/mol. The molecular formula is C17H35N3. The first-order valence-corrected chi connectivity index (χ1v) is 8.74. The van der Waals surface area contributed by atoms with E-state index in [-0.39, 0.29) is 5.54 Å². The van der Waals surface area contributed by atoms with Crippen LogP contribution in [-0.4, -0.2) is 54.1 Å². The van der Waals surface area contributed by atoms with Gasteiger partial charge in [0, 0.05) is 31.2 Å². The molecule has 0 radical (unpaired) electrons. The Balaban J connectivity index is 1.88. The molecule has 2 rings (SSSR count). The van der Waals surface area contributed by atoms with Gasteiger partial charge in [0.2, 0.25) is 0 Å². The van der Waals surface area contributed by atoms with Crippen LogP contribution in [0, 0.1) is 5.92 Å². The molecule has 3 nitrogen and oxygen atoms in total. The minimum Gasteiger partial charge on any atom is -0.329 e. The maximum Gasteiger partial charge on any atom is 0.0304 e. The van der Waals surface area contributed by atoms with Crippen LogP contribution < -0.4 is 5.73 Å². The van der Waals surface area contributed by atoms with Crippen LogP contribution in [0.15, 0.2) is 0 Å². The van der Waals surface area contributed by atoms with Crippen LogP contribution in [0.5, 0.6) is 0 Å². The van der Waals surface area contributed by atoms with E-state index in [9.17, 15) is 0 Å². The average Bonchev–Trinajstić information content (AvgIpc) is 2.96. The molecular weight excluding hydrogens is 246 g/mol. The lowest BCUT2D eigenvalue weighted by Gasteiger charge is -2.40. The van der Waals surface area contributed by atoms with Crippen molar-refractivity contribution >= 4 is 0 Å². The predicted molar refractivity (Wildman–Crippen MR) is 86.9 cm³/mol. The standard InChI is InChI=1S/C17H35N3/c1-15(2)7-9-17(3,14-18)20-12-8-16(13-20)19-10-5-4-6-11-19/h15-16H,4-14,18H2,1-3H3. The van der Waals surface area contributed by atoms with Gasteiger partial charge in [-0.25, -0.2) is 0 Å². The topological polar surface area (TPSA) is 32.5 Å². The summed E-state index contributed by atoms with van der Waals surface area (Å²) in [5.41, 5.74) is 6.36. The number of rotatable bonds is 6. The smallest absolute Gasteiger partial charge is 0.0304 e. The molecule has 2 heterocycles. The summed E-state index contributed by atoms with van der Waals surface area (Å²) < 4.78 is 0. The van der Waals surface area contributed by atoms with E-state index in [1.807, 2.05) is 0 Å². The zero-order valence-electron chi connectivity index (χ0n) is 13.9. The van der Waals surface area contributed by atoms with E-state index in [0.29, 0.717) is 0 Å². The van der Waals surface area contributed by atoms with E-state index < -0.39 is 0 Å². The van der Waals surface area contributed by atoms with Crippen molar-refractivity contribution in [3.05, 3.63) is 0 Å². The molecule has 0 aromatic carbocycles. The van der Waals surface area contributed by atoms with E-state index >= 15 is 0 Å². The molecule has 3 heteroatoms.